The number of ether oxygens (including phenoxy) is 1. The van der Waals surface area contributed by atoms with Crippen molar-refractivity contribution in [2.75, 3.05) is 18.4 Å². The van der Waals surface area contributed by atoms with E-state index in [0.29, 0.717) is 24.3 Å². The Morgan fingerprint density at radius 1 is 1.06 bits per heavy atom. The van der Waals surface area contributed by atoms with Crippen LogP contribution in [0.5, 0.6) is 0 Å². The topological polar surface area (TPSA) is 110 Å². The van der Waals surface area contributed by atoms with Crippen LogP contribution in [-0.4, -0.2) is 49.6 Å². The predicted octanol–water partition coefficient (Wildman–Crippen LogP) is 3.51. The zero-order chi connectivity index (χ0) is 23.5. The number of amides is 1. The van der Waals surface area contributed by atoms with Crippen molar-refractivity contribution >= 4 is 45.0 Å². The monoisotopic (exact) mass is 478 g/mol. The van der Waals surface area contributed by atoms with Crippen LogP contribution in [0.4, 0.5) is 5.69 Å². The summed E-state index contributed by atoms with van der Waals surface area (Å²) in [4.78, 5) is 36.8. The van der Waals surface area contributed by atoms with Crippen molar-refractivity contribution in [3.63, 3.8) is 0 Å². The normalized spacial score (nSPS) is 15.2. The molecule has 1 saturated heterocycles. The van der Waals surface area contributed by atoms with Crippen molar-refractivity contribution in [1.82, 2.24) is 4.31 Å². The quantitative estimate of drug-likeness (QED) is 0.481. The van der Waals surface area contributed by atoms with Gasteiger partial charge in [-0.25, -0.2) is 13.2 Å². The fourth-order valence-electron chi connectivity index (χ4n) is 3.31. The fourth-order valence-corrected chi connectivity index (χ4v) is 5.05. The summed E-state index contributed by atoms with van der Waals surface area (Å²) in [5.41, 5.74) is 0.461. The van der Waals surface area contributed by atoms with Crippen LogP contribution in [-0.2, 0) is 19.6 Å². The van der Waals surface area contributed by atoms with Gasteiger partial charge in [0.25, 0.3) is 5.91 Å². The van der Waals surface area contributed by atoms with Crippen molar-refractivity contribution in [2.45, 2.75) is 37.7 Å². The molecule has 8 nitrogen and oxygen atoms in total. The molecule has 1 N–H and O–H groups in total. The molecule has 0 saturated carbocycles. The predicted molar refractivity (Wildman–Crippen MR) is 119 cm³/mol. The minimum Gasteiger partial charge on any atom is -0.449 e. The maximum Gasteiger partial charge on any atom is 0.340 e. The van der Waals surface area contributed by atoms with Gasteiger partial charge in [0.1, 0.15) is 0 Å². The first-order valence-electron chi connectivity index (χ1n) is 10.0. The Morgan fingerprint density at radius 3 is 2.38 bits per heavy atom. The number of sulfonamides is 1. The molecule has 2 aromatic rings. The number of anilines is 1. The van der Waals surface area contributed by atoms with E-state index in [-0.39, 0.29) is 21.3 Å². The molecule has 1 fully saturated rings. The minimum absolute atomic E-state index is 0.00454. The molecule has 0 radical (unpaired) electrons. The van der Waals surface area contributed by atoms with Gasteiger partial charge in [-0.05, 0) is 57.0 Å². The largest absolute Gasteiger partial charge is 0.449 e. The molecule has 10 heteroatoms. The van der Waals surface area contributed by atoms with Gasteiger partial charge in [0.05, 0.1) is 21.2 Å². The molecule has 3 rings (SSSR count). The summed E-state index contributed by atoms with van der Waals surface area (Å²) >= 11 is 6.10. The molecule has 32 heavy (non-hydrogen) atoms. The van der Waals surface area contributed by atoms with Crippen LogP contribution in [0.3, 0.4) is 0 Å². The molecule has 0 spiro atoms. The van der Waals surface area contributed by atoms with Crippen LogP contribution in [0.25, 0.3) is 0 Å². The van der Waals surface area contributed by atoms with Gasteiger partial charge >= 0.3 is 5.97 Å². The highest BCUT2D eigenvalue weighted by molar-refractivity contribution is 7.89. The molecule has 170 valence electrons. The number of para-hydroxylation sites is 1. The Morgan fingerprint density at radius 2 is 1.72 bits per heavy atom. The lowest BCUT2D eigenvalue weighted by Crippen LogP contribution is -2.31. The van der Waals surface area contributed by atoms with Gasteiger partial charge in [-0.3, -0.25) is 9.59 Å². The molecule has 1 aliphatic heterocycles. The molecule has 1 aliphatic rings. The molecular formula is C22H23ClN2O6S. The maximum absolute atomic E-state index is 12.8. The van der Waals surface area contributed by atoms with Crippen LogP contribution < -0.4 is 5.32 Å². The van der Waals surface area contributed by atoms with E-state index in [9.17, 15) is 22.8 Å². The zero-order valence-corrected chi connectivity index (χ0v) is 19.2. The number of nitrogens with zero attached hydrogens (tertiary/aromatic N) is 1. The Labute approximate surface area is 191 Å². The number of rotatable bonds is 7. The number of ketones is 1. The van der Waals surface area contributed by atoms with Gasteiger partial charge in [-0.1, -0.05) is 23.7 Å². The first kappa shape index (κ1) is 23.9. The lowest BCUT2D eigenvalue weighted by molar-refractivity contribution is -0.123. The van der Waals surface area contributed by atoms with E-state index >= 15 is 0 Å². The van der Waals surface area contributed by atoms with Crippen LogP contribution in [0, 0.1) is 0 Å². The van der Waals surface area contributed by atoms with Gasteiger partial charge in [-0.15, -0.1) is 0 Å². The number of hydrogen-bond acceptors (Lipinski definition) is 6. The maximum atomic E-state index is 12.8. The third-order valence-electron chi connectivity index (χ3n) is 5.08. The molecule has 0 aliphatic carbocycles. The smallest absolute Gasteiger partial charge is 0.340 e. The van der Waals surface area contributed by atoms with E-state index in [1.165, 1.54) is 30.3 Å². The Bertz CT molecular complexity index is 1160. The van der Waals surface area contributed by atoms with E-state index in [2.05, 4.69) is 5.32 Å². The first-order valence-corrected chi connectivity index (χ1v) is 11.8. The van der Waals surface area contributed by atoms with Gasteiger partial charge in [0, 0.05) is 18.7 Å². The molecule has 0 aromatic heterocycles. The van der Waals surface area contributed by atoms with Gasteiger partial charge < -0.3 is 10.1 Å². The number of nitrogens with one attached hydrogen (secondary N) is 1. The molecule has 1 amide bonds. The van der Waals surface area contributed by atoms with Crippen molar-refractivity contribution in [2.24, 2.45) is 0 Å². The number of carbonyl (C=O) groups excluding carboxylic acids is 3. The highest BCUT2D eigenvalue weighted by atomic mass is 35.5. The molecular weight excluding hydrogens is 456 g/mol. The number of carbonyl (C=O) groups is 3. The average Bonchev–Trinajstić information content (AvgIpc) is 3.30. The van der Waals surface area contributed by atoms with Gasteiger partial charge in [0.2, 0.25) is 10.0 Å². The van der Waals surface area contributed by atoms with E-state index < -0.39 is 28.0 Å². The Kier molecular flexibility index (Phi) is 7.33. The lowest BCUT2D eigenvalue weighted by atomic mass is 10.1. The second kappa shape index (κ2) is 9.81. The second-order valence-electron chi connectivity index (χ2n) is 7.39. The molecule has 1 heterocycles. The third kappa shape index (κ3) is 5.17. The lowest BCUT2D eigenvalue weighted by Gasteiger charge is -2.17. The van der Waals surface area contributed by atoms with Crippen LogP contribution in [0.2, 0.25) is 5.02 Å². The minimum atomic E-state index is -3.75. The van der Waals surface area contributed by atoms with Crippen LogP contribution >= 0.6 is 11.6 Å². The number of halogens is 1. The summed E-state index contributed by atoms with van der Waals surface area (Å²) in [6.45, 7) is 3.58. The highest BCUT2D eigenvalue weighted by Crippen LogP contribution is 2.26. The highest BCUT2D eigenvalue weighted by Gasteiger charge is 2.29. The fraction of sp³-hybridized carbons (Fsp3) is 0.318. The van der Waals surface area contributed by atoms with Crippen molar-refractivity contribution in [3.05, 3.63) is 58.6 Å². The van der Waals surface area contributed by atoms with Crippen molar-refractivity contribution < 1.29 is 27.5 Å². The number of hydrogen-bond donors (Lipinski definition) is 1. The SMILES string of the molecule is CC(=O)c1ccccc1NC(=O)C(C)OC(=O)c1cc(S(=O)(=O)N2CCCC2)ccc1Cl. The number of Topliss-reactive ketones (excluding diaryl/α,β-unsaturated/α-hetero) is 1. The summed E-state index contributed by atoms with van der Waals surface area (Å²) in [6, 6.07) is 10.3. The summed E-state index contributed by atoms with van der Waals surface area (Å²) in [5, 5.41) is 2.57. The van der Waals surface area contributed by atoms with E-state index in [1.54, 1.807) is 24.3 Å². The van der Waals surface area contributed by atoms with Crippen molar-refractivity contribution in [3.8, 4) is 0 Å². The molecule has 0 bridgehead atoms. The first-order chi connectivity index (χ1) is 15.1. The van der Waals surface area contributed by atoms with Gasteiger partial charge in [0.15, 0.2) is 11.9 Å². The summed E-state index contributed by atoms with van der Waals surface area (Å²) in [6.07, 6.45) is 0.333. The number of esters is 1. The standard InChI is InChI=1S/C22H23ClN2O6S/c1-14(26)17-7-3-4-8-20(17)24-21(27)15(2)31-22(28)18-13-16(9-10-19(18)23)32(29,30)25-11-5-6-12-25/h3-4,7-10,13,15H,5-6,11-12H2,1-2H3,(H,24,27). The molecule has 1 unspecified atom stereocenters. The van der Waals surface area contributed by atoms with Gasteiger partial charge in [-0.2, -0.15) is 4.31 Å². The number of benzene rings is 2. The Hall–Kier alpha value is -2.75. The van der Waals surface area contributed by atoms with E-state index in [4.69, 9.17) is 16.3 Å². The van der Waals surface area contributed by atoms with E-state index in [0.717, 1.165) is 18.9 Å². The summed E-state index contributed by atoms with van der Waals surface area (Å²) in [5.74, 6) is -1.81. The van der Waals surface area contributed by atoms with Crippen LogP contribution in [0.1, 0.15) is 47.4 Å². The molecule has 2 aromatic carbocycles. The van der Waals surface area contributed by atoms with Crippen molar-refractivity contribution in [1.29, 1.82) is 0 Å². The summed E-state index contributed by atoms with van der Waals surface area (Å²) in [7, 11) is -3.75. The third-order valence-corrected chi connectivity index (χ3v) is 7.30. The zero-order valence-electron chi connectivity index (χ0n) is 17.6. The Balaban J connectivity index is 1.75. The second-order valence-corrected chi connectivity index (χ2v) is 9.74. The average molecular weight is 479 g/mol. The van der Waals surface area contributed by atoms with Crippen LogP contribution in [0.15, 0.2) is 47.4 Å². The summed E-state index contributed by atoms with van der Waals surface area (Å²) < 4.78 is 32.1. The van der Waals surface area contributed by atoms with E-state index in [1.807, 2.05) is 0 Å². The molecule has 1 atom stereocenters.